The van der Waals surface area contributed by atoms with Crippen molar-refractivity contribution in [2.75, 3.05) is 39.4 Å². The van der Waals surface area contributed by atoms with Crippen LogP contribution in [0.5, 0.6) is 0 Å². The van der Waals surface area contributed by atoms with Crippen molar-refractivity contribution in [2.45, 2.75) is 19.4 Å². The van der Waals surface area contributed by atoms with E-state index in [4.69, 9.17) is 4.74 Å². The van der Waals surface area contributed by atoms with Crippen LogP contribution < -0.4 is 5.56 Å². The number of aromatic nitrogens is 3. The van der Waals surface area contributed by atoms with E-state index in [9.17, 15) is 9.59 Å². The summed E-state index contributed by atoms with van der Waals surface area (Å²) in [4.78, 5) is 37.3. The van der Waals surface area contributed by atoms with Crippen molar-refractivity contribution in [3.05, 3.63) is 47.3 Å². The molecule has 28 heavy (non-hydrogen) atoms. The van der Waals surface area contributed by atoms with Gasteiger partial charge in [-0.3, -0.25) is 14.3 Å². The number of piperidine rings is 1. The molecular weight excluding hydrogens is 358 g/mol. The average Bonchev–Trinajstić information content (AvgIpc) is 2.76. The number of hydrogen-bond acceptors (Lipinski definition) is 5. The number of urea groups is 1. The monoisotopic (exact) mass is 383 g/mol. The molecule has 8 nitrogen and oxygen atoms in total. The zero-order valence-corrected chi connectivity index (χ0v) is 15.9. The van der Waals surface area contributed by atoms with Crippen LogP contribution in [0.2, 0.25) is 0 Å². The molecule has 0 bridgehead atoms. The molecule has 0 aliphatic carbocycles. The molecule has 2 amide bonds. The second kappa shape index (κ2) is 8.52. The van der Waals surface area contributed by atoms with Crippen molar-refractivity contribution in [2.24, 2.45) is 5.92 Å². The van der Waals surface area contributed by atoms with Crippen molar-refractivity contribution in [3.8, 4) is 11.3 Å². The zero-order valence-electron chi connectivity index (χ0n) is 15.9. The normalized spacial score (nSPS) is 18.3. The first-order valence-corrected chi connectivity index (χ1v) is 9.79. The van der Waals surface area contributed by atoms with Gasteiger partial charge in [-0.05, 0) is 30.9 Å². The number of likely N-dealkylation sites (tertiary alicyclic amines) is 1. The number of nitrogens with zero attached hydrogens (tertiary/aromatic N) is 5. The van der Waals surface area contributed by atoms with Gasteiger partial charge in [-0.25, -0.2) is 9.78 Å². The molecule has 0 radical (unpaired) electrons. The van der Waals surface area contributed by atoms with Crippen molar-refractivity contribution in [1.29, 1.82) is 0 Å². The summed E-state index contributed by atoms with van der Waals surface area (Å²) in [6.07, 6.45) is 6.80. The fraction of sp³-hybridized carbons (Fsp3) is 0.500. The van der Waals surface area contributed by atoms with Crippen LogP contribution in [0.3, 0.4) is 0 Å². The maximum absolute atomic E-state index is 12.6. The minimum Gasteiger partial charge on any atom is -0.378 e. The van der Waals surface area contributed by atoms with E-state index < -0.39 is 0 Å². The molecule has 0 N–H and O–H groups in total. The Bertz CT molecular complexity index is 856. The highest BCUT2D eigenvalue weighted by Gasteiger charge is 2.27. The van der Waals surface area contributed by atoms with Gasteiger partial charge in [0.15, 0.2) is 0 Å². The summed E-state index contributed by atoms with van der Waals surface area (Å²) in [6.45, 7) is 4.69. The summed E-state index contributed by atoms with van der Waals surface area (Å²) >= 11 is 0. The molecule has 2 aliphatic rings. The van der Waals surface area contributed by atoms with Crippen LogP contribution in [0.1, 0.15) is 12.8 Å². The van der Waals surface area contributed by atoms with E-state index >= 15 is 0 Å². The lowest BCUT2D eigenvalue weighted by molar-refractivity contribution is 0.0397. The molecule has 148 valence electrons. The number of carbonyl (C=O) groups is 1. The molecule has 0 aromatic carbocycles. The van der Waals surface area contributed by atoms with Crippen molar-refractivity contribution < 1.29 is 9.53 Å². The average molecular weight is 383 g/mol. The lowest BCUT2D eigenvalue weighted by atomic mass is 9.97. The van der Waals surface area contributed by atoms with Gasteiger partial charge in [0.2, 0.25) is 0 Å². The van der Waals surface area contributed by atoms with Gasteiger partial charge < -0.3 is 14.5 Å². The van der Waals surface area contributed by atoms with Crippen LogP contribution in [0.25, 0.3) is 11.3 Å². The number of amides is 2. The number of pyridine rings is 1. The van der Waals surface area contributed by atoms with E-state index in [-0.39, 0.29) is 11.6 Å². The standard InChI is InChI=1S/C20H25N5O3/c26-19-13-18(17-1-5-21-6-2-17)22-15-25(19)14-16-3-7-23(8-4-16)20(27)24-9-11-28-12-10-24/h1-2,5-6,13,15-16H,3-4,7-12,14H2. The van der Waals surface area contributed by atoms with E-state index in [1.807, 2.05) is 21.9 Å². The molecule has 4 rings (SSSR count). The van der Waals surface area contributed by atoms with Gasteiger partial charge in [-0.1, -0.05) is 0 Å². The van der Waals surface area contributed by atoms with Crippen LogP contribution in [0.4, 0.5) is 4.79 Å². The Balaban J connectivity index is 1.33. The Kier molecular flexibility index (Phi) is 5.66. The molecule has 2 fully saturated rings. The molecular formula is C20H25N5O3. The minimum absolute atomic E-state index is 0.0476. The van der Waals surface area contributed by atoms with E-state index in [1.54, 1.807) is 29.4 Å². The number of rotatable bonds is 3. The highest BCUT2D eigenvalue weighted by Crippen LogP contribution is 2.20. The first kappa shape index (κ1) is 18.6. The number of morpholine rings is 1. The quantitative estimate of drug-likeness (QED) is 0.802. The maximum atomic E-state index is 12.6. The van der Waals surface area contributed by atoms with Crippen molar-refractivity contribution >= 4 is 6.03 Å². The highest BCUT2D eigenvalue weighted by molar-refractivity contribution is 5.74. The first-order valence-electron chi connectivity index (χ1n) is 9.79. The maximum Gasteiger partial charge on any atom is 0.320 e. The summed E-state index contributed by atoms with van der Waals surface area (Å²) in [5, 5.41) is 0. The Hall–Kier alpha value is -2.74. The fourth-order valence-corrected chi connectivity index (χ4v) is 3.78. The predicted molar refractivity (Wildman–Crippen MR) is 104 cm³/mol. The number of carbonyl (C=O) groups excluding carboxylic acids is 1. The third-order valence-electron chi connectivity index (χ3n) is 5.48. The molecule has 2 saturated heterocycles. The summed E-state index contributed by atoms with van der Waals surface area (Å²) in [6, 6.07) is 5.37. The Morgan fingerprint density at radius 3 is 2.43 bits per heavy atom. The lowest BCUT2D eigenvalue weighted by Gasteiger charge is -2.37. The van der Waals surface area contributed by atoms with Crippen LogP contribution >= 0.6 is 0 Å². The smallest absolute Gasteiger partial charge is 0.320 e. The molecule has 0 saturated carbocycles. The van der Waals surface area contributed by atoms with E-state index in [2.05, 4.69) is 9.97 Å². The molecule has 2 aromatic heterocycles. The SMILES string of the molecule is O=C(N1CCOCC1)N1CCC(Cn2cnc(-c3ccncc3)cc2=O)CC1. The Morgan fingerprint density at radius 2 is 1.75 bits per heavy atom. The summed E-state index contributed by atoms with van der Waals surface area (Å²) in [5.41, 5.74) is 1.50. The van der Waals surface area contributed by atoms with E-state index in [0.717, 1.165) is 31.5 Å². The zero-order chi connectivity index (χ0) is 19.3. The van der Waals surface area contributed by atoms with Gasteiger partial charge in [0.1, 0.15) is 0 Å². The van der Waals surface area contributed by atoms with E-state index in [0.29, 0.717) is 44.5 Å². The van der Waals surface area contributed by atoms with Crippen LogP contribution in [0, 0.1) is 5.92 Å². The molecule has 2 aromatic rings. The van der Waals surface area contributed by atoms with Crippen molar-refractivity contribution in [1.82, 2.24) is 24.3 Å². The van der Waals surface area contributed by atoms with Gasteiger partial charge >= 0.3 is 6.03 Å². The summed E-state index contributed by atoms with van der Waals surface area (Å²) in [7, 11) is 0. The second-order valence-corrected chi connectivity index (χ2v) is 7.31. The number of hydrogen-bond donors (Lipinski definition) is 0. The molecule has 2 aliphatic heterocycles. The topological polar surface area (TPSA) is 80.6 Å². The molecule has 0 unspecified atom stereocenters. The minimum atomic E-state index is -0.0476. The van der Waals surface area contributed by atoms with Gasteiger partial charge in [0, 0.05) is 56.7 Å². The summed E-state index contributed by atoms with van der Waals surface area (Å²) in [5.74, 6) is 0.375. The first-order chi connectivity index (χ1) is 13.7. The van der Waals surface area contributed by atoms with Crippen molar-refractivity contribution in [3.63, 3.8) is 0 Å². The second-order valence-electron chi connectivity index (χ2n) is 7.31. The highest BCUT2D eigenvalue weighted by atomic mass is 16.5. The molecule has 4 heterocycles. The van der Waals surface area contributed by atoms with Gasteiger partial charge in [-0.2, -0.15) is 0 Å². The lowest BCUT2D eigenvalue weighted by Crippen LogP contribution is -2.50. The predicted octanol–water partition coefficient (Wildman–Crippen LogP) is 1.47. The van der Waals surface area contributed by atoms with Crippen LogP contribution in [-0.4, -0.2) is 69.8 Å². The molecule has 0 atom stereocenters. The molecule has 8 heteroatoms. The largest absolute Gasteiger partial charge is 0.378 e. The fourth-order valence-electron chi connectivity index (χ4n) is 3.78. The van der Waals surface area contributed by atoms with Gasteiger partial charge in [0.05, 0.1) is 25.2 Å². The molecule has 0 spiro atoms. The summed E-state index contributed by atoms with van der Waals surface area (Å²) < 4.78 is 6.99. The van der Waals surface area contributed by atoms with Crippen LogP contribution in [0.15, 0.2) is 41.7 Å². The Labute approximate surface area is 163 Å². The van der Waals surface area contributed by atoms with Gasteiger partial charge in [-0.15, -0.1) is 0 Å². The third kappa shape index (κ3) is 4.22. The third-order valence-corrected chi connectivity index (χ3v) is 5.48. The van der Waals surface area contributed by atoms with Crippen LogP contribution in [-0.2, 0) is 11.3 Å². The number of ether oxygens (including phenoxy) is 1. The van der Waals surface area contributed by atoms with Gasteiger partial charge in [0.25, 0.3) is 5.56 Å². The Morgan fingerprint density at radius 1 is 1.07 bits per heavy atom. The van der Waals surface area contributed by atoms with E-state index in [1.165, 1.54) is 0 Å².